The molecular formula is C11H15F3N2. The molecule has 0 aromatic carbocycles. The lowest BCUT2D eigenvalue weighted by Crippen LogP contribution is -2.30. The maximum absolute atomic E-state index is 13.4. The Labute approximate surface area is 93.1 Å². The minimum Gasteiger partial charge on any atom is -0.354 e. The molecule has 1 atom stereocenters. The van der Waals surface area contributed by atoms with Gasteiger partial charge in [-0.1, -0.05) is 13.3 Å². The average Bonchev–Trinajstić information content (AvgIpc) is 2.23. The molecule has 5 heteroatoms. The first-order valence-electron chi connectivity index (χ1n) is 5.21. The van der Waals surface area contributed by atoms with Gasteiger partial charge in [-0.05, 0) is 13.3 Å². The van der Waals surface area contributed by atoms with Crippen LogP contribution in [0.4, 0.5) is 19.0 Å². The Balaban J connectivity index is 2.99. The van der Waals surface area contributed by atoms with Crippen LogP contribution in [-0.4, -0.2) is 18.1 Å². The number of pyridine rings is 1. The normalized spacial score (nSPS) is 12.6. The first-order chi connectivity index (χ1) is 7.47. The minimum atomic E-state index is -1.27. The number of nitrogens with zero attached hydrogens (tertiary/aromatic N) is 2. The van der Waals surface area contributed by atoms with Gasteiger partial charge in [-0.25, -0.2) is 8.78 Å². The summed E-state index contributed by atoms with van der Waals surface area (Å²) in [6, 6.07) is 0.546. The average molecular weight is 232 g/mol. The Morgan fingerprint density at radius 2 is 1.94 bits per heavy atom. The molecule has 0 saturated heterocycles. The van der Waals surface area contributed by atoms with E-state index in [1.165, 1.54) is 4.90 Å². The Bertz CT molecular complexity index is 368. The maximum Gasteiger partial charge on any atom is 0.251 e. The van der Waals surface area contributed by atoms with Crippen LogP contribution in [0.5, 0.6) is 0 Å². The molecule has 0 bridgehead atoms. The number of hydrogen-bond donors (Lipinski definition) is 0. The zero-order valence-electron chi connectivity index (χ0n) is 9.60. The molecule has 0 amide bonds. The van der Waals surface area contributed by atoms with Gasteiger partial charge < -0.3 is 4.90 Å². The number of anilines is 1. The molecule has 0 spiro atoms. The van der Waals surface area contributed by atoms with Crippen LogP contribution in [0.15, 0.2) is 6.07 Å². The van der Waals surface area contributed by atoms with Gasteiger partial charge in [0.2, 0.25) is 0 Å². The lowest BCUT2D eigenvalue weighted by atomic mass is 10.2. The van der Waals surface area contributed by atoms with Gasteiger partial charge in [0, 0.05) is 19.2 Å². The minimum absolute atomic E-state index is 0.0249. The fraction of sp³-hybridized carbons (Fsp3) is 0.545. The lowest BCUT2D eigenvalue weighted by molar-refractivity contribution is 0.460. The quantitative estimate of drug-likeness (QED) is 0.741. The largest absolute Gasteiger partial charge is 0.354 e. The van der Waals surface area contributed by atoms with Crippen LogP contribution in [-0.2, 0) is 0 Å². The van der Waals surface area contributed by atoms with Crippen molar-refractivity contribution in [2.45, 2.75) is 32.7 Å². The van der Waals surface area contributed by atoms with Crippen LogP contribution < -0.4 is 4.90 Å². The van der Waals surface area contributed by atoms with E-state index in [0.717, 1.165) is 12.8 Å². The molecule has 1 unspecified atom stereocenters. The van der Waals surface area contributed by atoms with E-state index < -0.39 is 17.6 Å². The smallest absolute Gasteiger partial charge is 0.251 e. The molecule has 1 aromatic rings. The van der Waals surface area contributed by atoms with E-state index in [1.54, 1.807) is 7.05 Å². The van der Waals surface area contributed by atoms with Crippen molar-refractivity contribution in [3.8, 4) is 0 Å². The summed E-state index contributed by atoms with van der Waals surface area (Å²) in [4.78, 5) is 4.80. The van der Waals surface area contributed by atoms with Gasteiger partial charge in [0.25, 0.3) is 5.95 Å². The molecule has 1 rings (SSSR count). The fourth-order valence-electron chi connectivity index (χ4n) is 1.50. The molecule has 1 aromatic heterocycles. The summed E-state index contributed by atoms with van der Waals surface area (Å²) in [5.41, 5.74) is 0. The van der Waals surface area contributed by atoms with Crippen LogP contribution in [0.3, 0.4) is 0 Å². The third-order valence-electron chi connectivity index (χ3n) is 2.57. The predicted octanol–water partition coefficient (Wildman–Crippen LogP) is 3.12. The fourth-order valence-corrected chi connectivity index (χ4v) is 1.50. The number of rotatable bonds is 4. The molecule has 0 N–H and O–H groups in total. The van der Waals surface area contributed by atoms with Crippen molar-refractivity contribution in [1.29, 1.82) is 0 Å². The number of halogens is 3. The molecule has 0 fully saturated rings. The summed E-state index contributed by atoms with van der Waals surface area (Å²) in [5, 5.41) is 0. The van der Waals surface area contributed by atoms with Gasteiger partial charge in [0.15, 0.2) is 17.5 Å². The maximum atomic E-state index is 13.4. The Hall–Kier alpha value is -1.26. The highest BCUT2D eigenvalue weighted by Crippen LogP contribution is 2.20. The first-order valence-corrected chi connectivity index (χ1v) is 5.21. The zero-order chi connectivity index (χ0) is 12.3. The highest BCUT2D eigenvalue weighted by molar-refractivity contribution is 5.40. The first kappa shape index (κ1) is 12.8. The summed E-state index contributed by atoms with van der Waals surface area (Å²) in [5.74, 6) is -3.53. The van der Waals surface area contributed by atoms with Crippen LogP contribution in [0.1, 0.15) is 26.7 Å². The van der Waals surface area contributed by atoms with Gasteiger partial charge in [-0.15, -0.1) is 0 Å². The van der Waals surface area contributed by atoms with Crippen molar-refractivity contribution in [3.05, 3.63) is 23.6 Å². The van der Waals surface area contributed by atoms with Crippen molar-refractivity contribution >= 4 is 5.82 Å². The van der Waals surface area contributed by atoms with Gasteiger partial charge in [-0.2, -0.15) is 9.37 Å². The Kier molecular flexibility index (Phi) is 4.15. The van der Waals surface area contributed by atoms with E-state index in [0.29, 0.717) is 6.07 Å². The van der Waals surface area contributed by atoms with E-state index in [4.69, 9.17) is 0 Å². The third-order valence-corrected chi connectivity index (χ3v) is 2.57. The second kappa shape index (κ2) is 5.18. The molecular weight excluding hydrogens is 217 g/mol. The van der Waals surface area contributed by atoms with Crippen molar-refractivity contribution in [2.75, 3.05) is 11.9 Å². The third kappa shape index (κ3) is 2.65. The SMILES string of the molecule is CCCC(C)N(C)c1nc(F)c(F)cc1F. The van der Waals surface area contributed by atoms with Crippen LogP contribution in [0, 0.1) is 17.6 Å². The zero-order valence-corrected chi connectivity index (χ0v) is 9.60. The molecule has 90 valence electrons. The van der Waals surface area contributed by atoms with E-state index >= 15 is 0 Å². The van der Waals surface area contributed by atoms with Crippen molar-refractivity contribution in [2.24, 2.45) is 0 Å². The van der Waals surface area contributed by atoms with E-state index in [-0.39, 0.29) is 11.9 Å². The second-order valence-corrected chi connectivity index (χ2v) is 3.82. The monoisotopic (exact) mass is 232 g/mol. The van der Waals surface area contributed by atoms with E-state index in [1.807, 2.05) is 13.8 Å². The van der Waals surface area contributed by atoms with E-state index in [2.05, 4.69) is 4.98 Å². The van der Waals surface area contributed by atoms with Gasteiger partial charge in [-0.3, -0.25) is 0 Å². The molecule has 0 aliphatic heterocycles. The Morgan fingerprint density at radius 3 is 2.50 bits per heavy atom. The van der Waals surface area contributed by atoms with E-state index in [9.17, 15) is 13.2 Å². The van der Waals surface area contributed by atoms with Crippen molar-refractivity contribution < 1.29 is 13.2 Å². The second-order valence-electron chi connectivity index (χ2n) is 3.82. The standard InChI is InChI=1S/C11H15F3N2/c1-4-5-7(2)16(3)11-9(13)6-8(12)10(14)15-11/h6-7H,4-5H2,1-3H3. The molecule has 0 radical (unpaired) electrons. The lowest BCUT2D eigenvalue weighted by Gasteiger charge is -2.25. The van der Waals surface area contributed by atoms with Crippen molar-refractivity contribution in [1.82, 2.24) is 4.98 Å². The predicted molar refractivity (Wildman–Crippen MR) is 56.9 cm³/mol. The summed E-state index contributed by atoms with van der Waals surface area (Å²) in [7, 11) is 1.61. The van der Waals surface area contributed by atoms with Crippen LogP contribution in [0.2, 0.25) is 0 Å². The van der Waals surface area contributed by atoms with Gasteiger partial charge in [0.05, 0.1) is 0 Å². The van der Waals surface area contributed by atoms with Gasteiger partial charge >= 0.3 is 0 Å². The summed E-state index contributed by atoms with van der Waals surface area (Å²) < 4.78 is 38.9. The van der Waals surface area contributed by atoms with Crippen LogP contribution >= 0.6 is 0 Å². The molecule has 16 heavy (non-hydrogen) atoms. The summed E-state index contributed by atoms with van der Waals surface area (Å²) >= 11 is 0. The topological polar surface area (TPSA) is 16.1 Å². The molecule has 2 nitrogen and oxygen atoms in total. The summed E-state index contributed by atoms with van der Waals surface area (Å²) in [6.07, 6.45) is 1.76. The molecule has 1 heterocycles. The van der Waals surface area contributed by atoms with Crippen molar-refractivity contribution in [3.63, 3.8) is 0 Å². The Morgan fingerprint density at radius 1 is 1.31 bits per heavy atom. The summed E-state index contributed by atoms with van der Waals surface area (Å²) in [6.45, 7) is 3.88. The number of hydrogen-bond acceptors (Lipinski definition) is 2. The van der Waals surface area contributed by atoms with Crippen LogP contribution in [0.25, 0.3) is 0 Å². The van der Waals surface area contributed by atoms with Gasteiger partial charge in [0.1, 0.15) is 0 Å². The molecule has 0 saturated carbocycles. The molecule has 0 aliphatic carbocycles. The highest BCUT2D eigenvalue weighted by Gasteiger charge is 2.18. The molecule has 0 aliphatic rings. The number of aromatic nitrogens is 1. The highest BCUT2D eigenvalue weighted by atomic mass is 19.2.